The molecule has 0 fully saturated rings. The normalized spacial score (nSPS) is 10.2. The highest BCUT2D eigenvalue weighted by Gasteiger charge is 2.07. The Bertz CT molecular complexity index is 485. The van der Waals surface area contributed by atoms with Crippen LogP contribution in [-0.4, -0.2) is 19.9 Å². The summed E-state index contributed by atoms with van der Waals surface area (Å²) in [6.07, 6.45) is 6.75. The molecule has 2 heterocycles. The summed E-state index contributed by atoms with van der Waals surface area (Å²) in [6, 6.07) is 1.84. The zero-order chi connectivity index (χ0) is 12.1. The summed E-state index contributed by atoms with van der Waals surface area (Å²) in [4.78, 5) is 16.9. The average Bonchev–Trinajstić information content (AvgIpc) is 2.40. The quantitative estimate of drug-likeness (QED) is 0.605. The number of rotatable bonds is 4. The molecule has 2 aromatic rings. The molecule has 0 saturated carbocycles. The van der Waals surface area contributed by atoms with Crippen molar-refractivity contribution in [2.45, 2.75) is 19.8 Å². The SMILES string of the molecule is CCCc1cc(NN)nc(-c2cnccn2)n1. The second-order valence-electron chi connectivity index (χ2n) is 3.55. The van der Waals surface area contributed by atoms with Gasteiger partial charge in [-0.2, -0.15) is 0 Å². The van der Waals surface area contributed by atoms with Gasteiger partial charge in [0.25, 0.3) is 0 Å². The fraction of sp³-hybridized carbons (Fsp3) is 0.273. The molecule has 3 N–H and O–H groups in total. The Morgan fingerprint density at radius 2 is 2.18 bits per heavy atom. The number of aromatic nitrogens is 4. The molecule has 6 heteroatoms. The van der Waals surface area contributed by atoms with Gasteiger partial charge < -0.3 is 5.43 Å². The van der Waals surface area contributed by atoms with Crippen molar-refractivity contribution in [2.24, 2.45) is 5.84 Å². The van der Waals surface area contributed by atoms with E-state index in [-0.39, 0.29) is 0 Å². The highest BCUT2D eigenvalue weighted by molar-refractivity contribution is 5.51. The second-order valence-corrected chi connectivity index (χ2v) is 3.55. The fourth-order valence-electron chi connectivity index (χ4n) is 1.48. The maximum absolute atomic E-state index is 5.39. The molecule has 88 valence electrons. The van der Waals surface area contributed by atoms with Crippen molar-refractivity contribution in [3.63, 3.8) is 0 Å². The highest BCUT2D eigenvalue weighted by Crippen LogP contribution is 2.15. The lowest BCUT2D eigenvalue weighted by Crippen LogP contribution is -2.10. The van der Waals surface area contributed by atoms with Gasteiger partial charge in [-0.15, -0.1) is 0 Å². The van der Waals surface area contributed by atoms with Gasteiger partial charge in [-0.05, 0) is 6.42 Å². The van der Waals surface area contributed by atoms with Crippen molar-refractivity contribution in [1.29, 1.82) is 0 Å². The third-order valence-electron chi connectivity index (χ3n) is 2.23. The van der Waals surface area contributed by atoms with Crippen LogP contribution in [-0.2, 0) is 6.42 Å². The second kappa shape index (κ2) is 5.31. The van der Waals surface area contributed by atoms with Crippen molar-refractivity contribution < 1.29 is 0 Å². The molecule has 17 heavy (non-hydrogen) atoms. The third kappa shape index (κ3) is 2.73. The number of nitrogens with one attached hydrogen (secondary N) is 1. The van der Waals surface area contributed by atoms with Crippen LogP contribution in [0.4, 0.5) is 5.82 Å². The largest absolute Gasteiger partial charge is 0.308 e. The summed E-state index contributed by atoms with van der Waals surface area (Å²) in [5.74, 6) is 6.51. The Morgan fingerprint density at radius 1 is 1.29 bits per heavy atom. The lowest BCUT2D eigenvalue weighted by atomic mass is 10.2. The van der Waals surface area contributed by atoms with E-state index < -0.39 is 0 Å². The smallest absolute Gasteiger partial charge is 0.182 e. The van der Waals surface area contributed by atoms with Gasteiger partial charge in [-0.3, -0.25) is 4.98 Å². The standard InChI is InChI=1S/C11H14N6/c1-2-3-8-6-10(17-12)16-11(15-8)9-7-13-4-5-14-9/h4-7H,2-3,12H2,1H3,(H,15,16,17). The molecule has 0 aliphatic rings. The van der Waals surface area contributed by atoms with Crippen LogP contribution < -0.4 is 11.3 Å². The predicted molar refractivity (Wildman–Crippen MR) is 64.9 cm³/mol. The molecular formula is C11H14N6. The first-order valence-electron chi connectivity index (χ1n) is 5.44. The monoisotopic (exact) mass is 230 g/mol. The Labute approximate surface area is 99.3 Å². The van der Waals surface area contributed by atoms with E-state index >= 15 is 0 Å². The van der Waals surface area contributed by atoms with Crippen molar-refractivity contribution >= 4 is 5.82 Å². The molecule has 0 unspecified atom stereocenters. The molecule has 0 saturated heterocycles. The molecule has 6 nitrogen and oxygen atoms in total. The number of aryl methyl sites for hydroxylation is 1. The lowest BCUT2D eigenvalue weighted by molar-refractivity contribution is 0.873. The summed E-state index contributed by atoms with van der Waals surface area (Å²) in [5, 5.41) is 0. The maximum Gasteiger partial charge on any atom is 0.182 e. The van der Waals surface area contributed by atoms with E-state index in [9.17, 15) is 0 Å². The van der Waals surface area contributed by atoms with E-state index in [1.807, 2.05) is 6.07 Å². The minimum absolute atomic E-state index is 0.539. The van der Waals surface area contributed by atoms with E-state index in [1.54, 1.807) is 18.6 Å². The summed E-state index contributed by atoms with van der Waals surface area (Å²) >= 11 is 0. The van der Waals surface area contributed by atoms with Gasteiger partial charge in [0.05, 0.1) is 6.20 Å². The first-order valence-corrected chi connectivity index (χ1v) is 5.44. The first-order chi connectivity index (χ1) is 8.33. The topological polar surface area (TPSA) is 89.6 Å². The number of hydrazine groups is 1. The Morgan fingerprint density at radius 3 is 2.82 bits per heavy atom. The van der Waals surface area contributed by atoms with Crippen LogP contribution in [0.3, 0.4) is 0 Å². The Balaban J connectivity index is 2.43. The van der Waals surface area contributed by atoms with Gasteiger partial charge in [-0.1, -0.05) is 13.3 Å². The molecule has 0 bridgehead atoms. The van der Waals surface area contributed by atoms with Crippen LogP contribution >= 0.6 is 0 Å². The number of nitrogen functional groups attached to an aromatic ring is 1. The predicted octanol–water partition coefficient (Wildman–Crippen LogP) is 1.17. The van der Waals surface area contributed by atoms with Crippen LogP contribution in [0.2, 0.25) is 0 Å². The number of hydrogen-bond donors (Lipinski definition) is 2. The summed E-state index contributed by atoms with van der Waals surface area (Å²) in [7, 11) is 0. The van der Waals surface area contributed by atoms with E-state index in [4.69, 9.17) is 5.84 Å². The van der Waals surface area contributed by atoms with Gasteiger partial charge in [0.1, 0.15) is 11.5 Å². The van der Waals surface area contributed by atoms with Gasteiger partial charge >= 0.3 is 0 Å². The van der Waals surface area contributed by atoms with Gasteiger partial charge in [-0.25, -0.2) is 20.8 Å². The summed E-state index contributed by atoms with van der Waals surface area (Å²) in [5.41, 5.74) is 4.12. The molecule has 2 rings (SSSR count). The molecule has 0 atom stereocenters. The van der Waals surface area contributed by atoms with Crippen molar-refractivity contribution in [3.8, 4) is 11.5 Å². The molecule has 2 aromatic heterocycles. The minimum Gasteiger partial charge on any atom is -0.308 e. The maximum atomic E-state index is 5.39. The van der Waals surface area contributed by atoms with Crippen molar-refractivity contribution in [1.82, 2.24) is 19.9 Å². The lowest BCUT2D eigenvalue weighted by Gasteiger charge is -2.06. The van der Waals surface area contributed by atoms with Crippen molar-refractivity contribution in [3.05, 3.63) is 30.4 Å². The zero-order valence-corrected chi connectivity index (χ0v) is 9.59. The highest BCUT2D eigenvalue weighted by atomic mass is 15.3. The molecule has 0 amide bonds. The number of nitrogens with zero attached hydrogens (tertiary/aromatic N) is 4. The molecule has 0 spiro atoms. The van der Waals surface area contributed by atoms with Crippen LogP contribution in [0.5, 0.6) is 0 Å². The minimum atomic E-state index is 0.539. The van der Waals surface area contributed by atoms with Gasteiger partial charge in [0, 0.05) is 24.2 Å². The summed E-state index contributed by atoms with van der Waals surface area (Å²) in [6.45, 7) is 2.10. The van der Waals surface area contributed by atoms with E-state index in [0.717, 1.165) is 18.5 Å². The van der Waals surface area contributed by atoms with E-state index in [0.29, 0.717) is 17.3 Å². The van der Waals surface area contributed by atoms with E-state index in [1.165, 1.54) is 0 Å². The van der Waals surface area contributed by atoms with Gasteiger partial charge in [0.2, 0.25) is 0 Å². The first kappa shape index (κ1) is 11.4. The van der Waals surface area contributed by atoms with Crippen molar-refractivity contribution in [2.75, 3.05) is 5.43 Å². The van der Waals surface area contributed by atoms with Crippen LogP contribution in [0, 0.1) is 0 Å². The van der Waals surface area contributed by atoms with Crippen LogP contribution in [0.15, 0.2) is 24.7 Å². The summed E-state index contributed by atoms with van der Waals surface area (Å²) < 4.78 is 0. The Kier molecular flexibility index (Phi) is 3.56. The molecular weight excluding hydrogens is 216 g/mol. The van der Waals surface area contributed by atoms with Crippen LogP contribution in [0.25, 0.3) is 11.5 Å². The third-order valence-corrected chi connectivity index (χ3v) is 2.23. The molecule has 0 radical (unpaired) electrons. The van der Waals surface area contributed by atoms with Gasteiger partial charge in [0.15, 0.2) is 5.82 Å². The van der Waals surface area contributed by atoms with Crippen LogP contribution in [0.1, 0.15) is 19.0 Å². The molecule has 0 aromatic carbocycles. The average molecular weight is 230 g/mol. The zero-order valence-electron chi connectivity index (χ0n) is 9.59. The number of hydrogen-bond acceptors (Lipinski definition) is 6. The number of anilines is 1. The Hall–Kier alpha value is -2.08. The molecule has 0 aliphatic carbocycles. The number of nitrogens with two attached hydrogens (primary N) is 1. The fourth-order valence-corrected chi connectivity index (χ4v) is 1.48. The van der Waals surface area contributed by atoms with E-state index in [2.05, 4.69) is 32.3 Å². The molecule has 0 aliphatic heterocycles.